The minimum atomic E-state index is 0.261. The van der Waals surface area contributed by atoms with Crippen molar-refractivity contribution >= 4 is 11.3 Å². The highest BCUT2D eigenvalue weighted by molar-refractivity contribution is 7.09. The number of aliphatic hydroxyl groups is 1. The highest BCUT2D eigenvalue weighted by Gasteiger charge is 2.03. The highest BCUT2D eigenvalue weighted by atomic mass is 32.1. The summed E-state index contributed by atoms with van der Waals surface area (Å²) in [5.41, 5.74) is 1.06. The number of nitrogens with one attached hydrogen (secondary N) is 1. The van der Waals surface area contributed by atoms with E-state index in [-0.39, 0.29) is 6.61 Å². The lowest BCUT2D eigenvalue weighted by Crippen LogP contribution is -2.21. The number of nitrogens with zero attached hydrogens (tertiary/aromatic N) is 1. The number of hydrogen-bond acceptors (Lipinski definition) is 5. The molecule has 16 heavy (non-hydrogen) atoms. The SMILES string of the molecule is COCc1nc(CNCC(C)CCO)cs1. The lowest BCUT2D eigenvalue weighted by Gasteiger charge is -2.09. The first-order valence-corrected chi connectivity index (χ1v) is 6.38. The third-order valence-electron chi connectivity index (χ3n) is 2.29. The molecule has 0 aliphatic carbocycles. The van der Waals surface area contributed by atoms with E-state index in [9.17, 15) is 0 Å². The van der Waals surface area contributed by atoms with Crippen LogP contribution in [0.5, 0.6) is 0 Å². The number of thiazole rings is 1. The predicted octanol–water partition coefficient (Wildman–Crippen LogP) is 1.40. The molecule has 0 radical (unpaired) electrons. The molecule has 0 aromatic carbocycles. The first-order valence-electron chi connectivity index (χ1n) is 5.50. The molecule has 0 fully saturated rings. The van der Waals surface area contributed by atoms with E-state index in [1.54, 1.807) is 18.4 Å². The van der Waals surface area contributed by atoms with Crippen molar-refractivity contribution in [3.8, 4) is 0 Å². The van der Waals surface area contributed by atoms with Crippen molar-refractivity contribution in [1.82, 2.24) is 10.3 Å². The van der Waals surface area contributed by atoms with Gasteiger partial charge in [0.2, 0.25) is 0 Å². The highest BCUT2D eigenvalue weighted by Crippen LogP contribution is 2.10. The van der Waals surface area contributed by atoms with Gasteiger partial charge in [-0.15, -0.1) is 11.3 Å². The molecule has 0 amide bonds. The molecule has 0 aliphatic heterocycles. The molecule has 0 spiro atoms. The van der Waals surface area contributed by atoms with Gasteiger partial charge >= 0.3 is 0 Å². The van der Waals surface area contributed by atoms with Crippen LogP contribution >= 0.6 is 11.3 Å². The second kappa shape index (κ2) is 7.73. The lowest BCUT2D eigenvalue weighted by molar-refractivity contribution is 0.184. The van der Waals surface area contributed by atoms with Crippen LogP contribution in [0, 0.1) is 5.92 Å². The normalized spacial score (nSPS) is 12.9. The van der Waals surface area contributed by atoms with Crippen molar-refractivity contribution in [2.45, 2.75) is 26.5 Å². The molecule has 1 atom stereocenters. The van der Waals surface area contributed by atoms with E-state index >= 15 is 0 Å². The van der Waals surface area contributed by atoms with E-state index in [0.717, 1.165) is 30.2 Å². The summed E-state index contributed by atoms with van der Waals surface area (Å²) in [5.74, 6) is 0.502. The largest absolute Gasteiger partial charge is 0.396 e. The van der Waals surface area contributed by atoms with Crippen molar-refractivity contribution < 1.29 is 9.84 Å². The summed E-state index contributed by atoms with van der Waals surface area (Å²) in [5, 5.41) is 15.2. The lowest BCUT2D eigenvalue weighted by atomic mass is 10.1. The molecule has 1 unspecified atom stereocenters. The van der Waals surface area contributed by atoms with Crippen LogP contribution in [0.1, 0.15) is 24.0 Å². The number of ether oxygens (including phenoxy) is 1. The summed E-state index contributed by atoms with van der Waals surface area (Å²) in [6.07, 6.45) is 0.846. The molecule has 1 heterocycles. The first-order chi connectivity index (χ1) is 7.76. The van der Waals surface area contributed by atoms with Crippen LogP contribution in [0.2, 0.25) is 0 Å². The van der Waals surface area contributed by atoms with Crippen LogP contribution in [0.3, 0.4) is 0 Å². The van der Waals surface area contributed by atoms with Crippen LogP contribution in [-0.2, 0) is 17.9 Å². The average molecular weight is 244 g/mol. The Morgan fingerprint density at radius 2 is 2.44 bits per heavy atom. The van der Waals surface area contributed by atoms with E-state index in [1.165, 1.54) is 0 Å². The molecule has 4 nitrogen and oxygen atoms in total. The first kappa shape index (κ1) is 13.6. The summed E-state index contributed by atoms with van der Waals surface area (Å²) < 4.78 is 5.02. The Morgan fingerprint density at radius 1 is 1.62 bits per heavy atom. The zero-order valence-corrected chi connectivity index (χ0v) is 10.7. The Morgan fingerprint density at radius 3 is 3.12 bits per heavy atom. The Labute approximate surface area is 101 Å². The fourth-order valence-corrected chi connectivity index (χ4v) is 2.15. The summed E-state index contributed by atoms with van der Waals surface area (Å²) in [4.78, 5) is 4.42. The molecule has 5 heteroatoms. The number of methoxy groups -OCH3 is 1. The molecular formula is C11H20N2O2S. The fraction of sp³-hybridized carbons (Fsp3) is 0.727. The summed E-state index contributed by atoms with van der Waals surface area (Å²) in [6, 6.07) is 0. The fourth-order valence-electron chi connectivity index (χ4n) is 1.39. The standard InChI is InChI=1S/C11H20N2O2S/c1-9(3-4-14)5-12-6-10-8-16-11(13-10)7-15-2/h8-9,12,14H,3-7H2,1-2H3. The third-order valence-corrected chi connectivity index (χ3v) is 3.16. The van der Waals surface area contributed by atoms with Gasteiger partial charge in [0.25, 0.3) is 0 Å². The maximum absolute atomic E-state index is 8.76. The third kappa shape index (κ3) is 5.03. The van der Waals surface area contributed by atoms with Gasteiger partial charge in [-0.1, -0.05) is 6.92 Å². The Balaban J connectivity index is 2.21. The van der Waals surface area contributed by atoms with Crippen LogP contribution in [0.15, 0.2) is 5.38 Å². The van der Waals surface area contributed by atoms with Gasteiger partial charge in [0.05, 0.1) is 12.3 Å². The number of aliphatic hydroxyl groups excluding tert-OH is 1. The number of hydrogen-bond donors (Lipinski definition) is 2. The van der Waals surface area contributed by atoms with Crippen LogP contribution in [-0.4, -0.2) is 30.4 Å². The van der Waals surface area contributed by atoms with Crippen LogP contribution < -0.4 is 5.32 Å². The quantitative estimate of drug-likeness (QED) is 0.726. The topological polar surface area (TPSA) is 54.4 Å². The van der Waals surface area contributed by atoms with Crippen LogP contribution in [0.25, 0.3) is 0 Å². The van der Waals surface area contributed by atoms with Crippen molar-refractivity contribution in [3.63, 3.8) is 0 Å². The van der Waals surface area contributed by atoms with Crippen molar-refractivity contribution in [2.24, 2.45) is 5.92 Å². The van der Waals surface area contributed by atoms with Gasteiger partial charge in [-0.25, -0.2) is 4.98 Å². The van der Waals surface area contributed by atoms with Gasteiger partial charge in [-0.3, -0.25) is 0 Å². The van der Waals surface area contributed by atoms with Gasteiger partial charge in [-0.2, -0.15) is 0 Å². The van der Waals surface area contributed by atoms with E-state index in [4.69, 9.17) is 9.84 Å². The smallest absolute Gasteiger partial charge is 0.119 e. The van der Waals surface area contributed by atoms with Gasteiger partial charge in [0.1, 0.15) is 5.01 Å². The number of aromatic nitrogens is 1. The monoisotopic (exact) mass is 244 g/mol. The second-order valence-corrected chi connectivity index (χ2v) is 4.86. The molecule has 92 valence electrons. The molecule has 1 aromatic heterocycles. The Hall–Kier alpha value is -0.490. The Kier molecular flexibility index (Phi) is 6.56. The minimum Gasteiger partial charge on any atom is -0.396 e. The minimum absolute atomic E-state index is 0.261. The summed E-state index contributed by atoms with van der Waals surface area (Å²) in [6.45, 7) is 4.68. The van der Waals surface area contributed by atoms with Crippen LogP contribution in [0.4, 0.5) is 0 Å². The molecule has 0 saturated carbocycles. The molecule has 1 aromatic rings. The molecule has 0 aliphatic rings. The molecule has 0 saturated heterocycles. The van der Waals surface area contributed by atoms with Gasteiger partial charge in [-0.05, 0) is 18.9 Å². The van der Waals surface area contributed by atoms with Gasteiger partial charge in [0.15, 0.2) is 0 Å². The maximum Gasteiger partial charge on any atom is 0.119 e. The average Bonchev–Trinajstić information content (AvgIpc) is 2.67. The van der Waals surface area contributed by atoms with E-state index in [0.29, 0.717) is 12.5 Å². The zero-order chi connectivity index (χ0) is 11.8. The molecule has 0 bridgehead atoms. The predicted molar refractivity (Wildman–Crippen MR) is 65.4 cm³/mol. The second-order valence-electron chi connectivity index (χ2n) is 3.91. The molecule has 1 rings (SSSR count). The Bertz CT molecular complexity index is 291. The number of rotatable bonds is 8. The molecular weight excluding hydrogens is 224 g/mol. The van der Waals surface area contributed by atoms with E-state index in [2.05, 4.69) is 22.6 Å². The molecule has 2 N–H and O–H groups in total. The van der Waals surface area contributed by atoms with Crippen molar-refractivity contribution in [3.05, 3.63) is 16.1 Å². The van der Waals surface area contributed by atoms with Crippen molar-refractivity contribution in [1.29, 1.82) is 0 Å². The van der Waals surface area contributed by atoms with E-state index in [1.807, 2.05) is 0 Å². The summed E-state index contributed by atoms with van der Waals surface area (Å²) in [7, 11) is 1.68. The van der Waals surface area contributed by atoms with Gasteiger partial charge < -0.3 is 15.2 Å². The van der Waals surface area contributed by atoms with E-state index < -0.39 is 0 Å². The maximum atomic E-state index is 8.76. The van der Waals surface area contributed by atoms with Crippen molar-refractivity contribution in [2.75, 3.05) is 20.3 Å². The van der Waals surface area contributed by atoms with Gasteiger partial charge in [0, 0.05) is 25.6 Å². The summed E-state index contributed by atoms with van der Waals surface area (Å²) >= 11 is 1.63. The zero-order valence-electron chi connectivity index (χ0n) is 9.90.